The van der Waals surface area contributed by atoms with Crippen LogP contribution in [0.5, 0.6) is 5.75 Å². The van der Waals surface area contributed by atoms with Gasteiger partial charge in [0.25, 0.3) is 0 Å². The van der Waals surface area contributed by atoms with Gasteiger partial charge in [0, 0.05) is 6.07 Å². The SMILES string of the molecule is C=CC1CCC2CC(c3ccc(C(=O)Oc4ccc(C#N)c(F)c4)cc3)CCC2C1. The summed E-state index contributed by atoms with van der Waals surface area (Å²) in [6.45, 7) is 3.98. The first-order chi connectivity index (χ1) is 14.6. The van der Waals surface area contributed by atoms with E-state index in [4.69, 9.17) is 10.00 Å². The summed E-state index contributed by atoms with van der Waals surface area (Å²) < 4.78 is 19.0. The molecular formula is C26H26FNO2. The normalized spacial score (nSPS) is 25.6. The summed E-state index contributed by atoms with van der Waals surface area (Å²) in [5, 5.41) is 8.79. The molecule has 2 saturated carbocycles. The molecule has 4 heteroatoms. The summed E-state index contributed by atoms with van der Waals surface area (Å²) in [6.07, 6.45) is 9.67. The number of esters is 1. The first-order valence-electron chi connectivity index (χ1n) is 10.7. The van der Waals surface area contributed by atoms with Gasteiger partial charge >= 0.3 is 5.97 Å². The van der Waals surface area contributed by atoms with Crippen LogP contribution in [0.4, 0.5) is 4.39 Å². The summed E-state index contributed by atoms with van der Waals surface area (Å²) in [7, 11) is 0. The number of nitrogens with zero attached hydrogens (tertiary/aromatic N) is 1. The van der Waals surface area contributed by atoms with Gasteiger partial charge in [0.2, 0.25) is 0 Å². The van der Waals surface area contributed by atoms with Gasteiger partial charge in [0.05, 0.1) is 11.1 Å². The van der Waals surface area contributed by atoms with Crippen molar-refractivity contribution in [2.45, 2.75) is 44.4 Å². The molecule has 2 fully saturated rings. The summed E-state index contributed by atoms with van der Waals surface area (Å²) in [6, 6.07) is 13.2. The highest BCUT2D eigenvalue weighted by Gasteiger charge is 2.35. The number of nitriles is 1. The van der Waals surface area contributed by atoms with Crippen LogP contribution in [-0.2, 0) is 0 Å². The third-order valence-electron chi connectivity index (χ3n) is 6.88. The molecule has 4 rings (SSSR count). The van der Waals surface area contributed by atoms with Crippen molar-refractivity contribution >= 4 is 5.97 Å². The molecule has 4 atom stereocenters. The molecule has 0 aliphatic heterocycles. The molecule has 0 heterocycles. The van der Waals surface area contributed by atoms with E-state index in [9.17, 15) is 9.18 Å². The standard InChI is InChI=1S/C26H26FNO2/c1-2-17-3-4-22-14-21(10-9-20(22)13-17)18-5-7-19(8-6-18)26(29)30-24-12-11-23(16-28)25(27)15-24/h2,5-8,11-12,15,17,20-22H,1,3-4,9-10,13-14H2. The van der Waals surface area contributed by atoms with Crippen molar-refractivity contribution in [1.82, 2.24) is 0 Å². The predicted octanol–water partition coefficient (Wildman–Crippen LogP) is 6.40. The van der Waals surface area contributed by atoms with Crippen molar-refractivity contribution in [1.29, 1.82) is 5.26 Å². The third-order valence-corrected chi connectivity index (χ3v) is 6.88. The quantitative estimate of drug-likeness (QED) is 0.337. The number of rotatable bonds is 4. The van der Waals surface area contributed by atoms with Crippen molar-refractivity contribution in [3.05, 3.63) is 77.6 Å². The highest BCUT2D eigenvalue weighted by atomic mass is 19.1. The van der Waals surface area contributed by atoms with E-state index >= 15 is 0 Å². The monoisotopic (exact) mass is 403 g/mol. The lowest BCUT2D eigenvalue weighted by atomic mass is 9.64. The highest BCUT2D eigenvalue weighted by molar-refractivity contribution is 5.91. The lowest BCUT2D eigenvalue weighted by Gasteiger charge is -2.41. The van der Waals surface area contributed by atoms with Crippen molar-refractivity contribution in [2.75, 3.05) is 0 Å². The number of allylic oxidation sites excluding steroid dienone is 1. The average molecular weight is 403 g/mol. The van der Waals surface area contributed by atoms with Crippen LogP contribution in [0.2, 0.25) is 0 Å². The molecule has 4 unspecified atom stereocenters. The largest absolute Gasteiger partial charge is 0.423 e. The minimum absolute atomic E-state index is 0.0770. The maximum atomic E-state index is 13.7. The molecule has 0 aromatic heterocycles. The van der Waals surface area contributed by atoms with E-state index in [0.717, 1.165) is 17.9 Å². The minimum Gasteiger partial charge on any atom is -0.423 e. The van der Waals surface area contributed by atoms with Gasteiger partial charge in [-0.1, -0.05) is 18.2 Å². The second-order valence-electron chi connectivity index (χ2n) is 8.60. The Morgan fingerprint density at radius 2 is 1.80 bits per heavy atom. The Balaban J connectivity index is 1.38. The Bertz CT molecular complexity index is 976. The fourth-order valence-electron chi connectivity index (χ4n) is 5.15. The molecule has 2 aromatic rings. The Labute approximate surface area is 177 Å². The fourth-order valence-corrected chi connectivity index (χ4v) is 5.15. The maximum absolute atomic E-state index is 13.7. The van der Waals surface area contributed by atoms with Crippen molar-refractivity contribution in [3.63, 3.8) is 0 Å². The number of benzene rings is 2. The molecule has 0 spiro atoms. The number of carbonyl (C=O) groups excluding carboxylic acids is 1. The lowest BCUT2D eigenvalue weighted by Crippen LogP contribution is -2.29. The summed E-state index contributed by atoms with van der Waals surface area (Å²) in [5.74, 6) is 1.74. The predicted molar refractivity (Wildman–Crippen MR) is 114 cm³/mol. The van der Waals surface area contributed by atoms with E-state index in [0.29, 0.717) is 17.4 Å². The summed E-state index contributed by atoms with van der Waals surface area (Å²) >= 11 is 0. The first kappa shape index (κ1) is 20.3. The van der Waals surface area contributed by atoms with Crippen LogP contribution in [0.15, 0.2) is 55.1 Å². The van der Waals surface area contributed by atoms with Crippen LogP contribution in [0, 0.1) is 34.9 Å². The van der Waals surface area contributed by atoms with Crippen LogP contribution in [0.25, 0.3) is 0 Å². The topological polar surface area (TPSA) is 50.1 Å². The number of hydrogen-bond donors (Lipinski definition) is 0. The van der Waals surface area contributed by atoms with Gasteiger partial charge in [-0.2, -0.15) is 5.26 Å². The van der Waals surface area contributed by atoms with Gasteiger partial charge in [-0.3, -0.25) is 0 Å². The molecule has 0 radical (unpaired) electrons. The molecule has 2 aromatic carbocycles. The Kier molecular flexibility index (Phi) is 5.99. The highest BCUT2D eigenvalue weighted by Crippen LogP contribution is 2.47. The van der Waals surface area contributed by atoms with Crippen LogP contribution >= 0.6 is 0 Å². The van der Waals surface area contributed by atoms with Gasteiger partial charge in [-0.15, -0.1) is 6.58 Å². The third kappa shape index (κ3) is 4.31. The minimum atomic E-state index is -0.698. The first-order valence-corrected chi connectivity index (χ1v) is 10.7. The van der Waals surface area contributed by atoms with E-state index in [-0.39, 0.29) is 11.3 Å². The molecule has 0 saturated heterocycles. The number of fused-ring (bicyclic) bond motifs is 1. The zero-order valence-electron chi connectivity index (χ0n) is 17.0. The number of halogens is 1. The van der Waals surface area contributed by atoms with Crippen LogP contribution < -0.4 is 4.74 Å². The van der Waals surface area contributed by atoms with Gasteiger partial charge in [0.1, 0.15) is 17.6 Å². The molecule has 0 bridgehead atoms. The number of carbonyl (C=O) groups is 1. The van der Waals surface area contributed by atoms with Crippen molar-refractivity contribution < 1.29 is 13.9 Å². The van der Waals surface area contributed by atoms with E-state index in [1.54, 1.807) is 18.2 Å². The van der Waals surface area contributed by atoms with Crippen molar-refractivity contribution in [3.8, 4) is 11.8 Å². The molecule has 154 valence electrons. The Morgan fingerprint density at radius 3 is 2.50 bits per heavy atom. The van der Waals surface area contributed by atoms with E-state index < -0.39 is 11.8 Å². The smallest absolute Gasteiger partial charge is 0.343 e. The molecule has 0 N–H and O–H groups in total. The Hall–Kier alpha value is -2.93. The molecule has 2 aliphatic carbocycles. The van der Waals surface area contributed by atoms with Gasteiger partial charge < -0.3 is 4.74 Å². The zero-order chi connectivity index (χ0) is 21.1. The lowest BCUT2D eigenvalue weighted by molar-refractivity contribution is 0.0734. The second kappa shape index (κ2) is 8.83. The molecule has 30 heavy (non-hydrogen) atoms. The van der Waals surface area contributed by atoms with Crippen LogP contribution in [-0.4, -0.2) is 5.97 Å². The van der Waals surface area contributed by atoms with Crippen molar-refractivity contribution in [2.24, 2.45) is 17.8 Å². The molecular weight excluding hydrogens is 377 g/mol. The number of ether oxygens (including phenoxy) is 1. The molecule has 2 aliphatic rings. The average Bonchev–Trinajstić information content (AvgIpc) is 2.78. The van der Waals surface area contributed by atoms with E-state index in [1.165, 1.54) is 56.2 Å². The van der Waals surface area contributed by atoms with Crippen LogP contribution in [0.3, 0.4) is 0 Å². The maximum Gasteiger partial charge on any atom is 0.343 e. The van der Waals surface area contributed by atoms with Gasteiger partial charge in [-0.05, 0) is 92.0 Å². The summed E-state index contributed by atoms with van der Waals surface area (Å²) in [4.78, 5) is 12.4. The molecule has 3 nitrogen and oxygen atoms in total. The van der Waals surface area contributed by atoms with Gasteiger partial charge in [-0.25, -0.2) is 9.18 Å². The van der Waals surface area contributed by atoms with E-state index in [2.05, 4.69) is 12.7 Å². The molecule has 0 amide bonds. The zero-order valence-corrected chi connectivity index (χ0v) is 17.0. The summed E-state index contributed by atoms with van der Waals surface area (Å²) in [5.41, 5.74) is 1.64. The fraction of sp³-hybridized carbons (Fsp3) is 0.385. The van der Waals surface area contributed by atoms with Crippen LogP contribution in [0.1, 0.15) is 65.9 Å². The number of hydrogen-bond acceptors (Lipinski definition) is 3. The second-order valence-corrected chi connectivity index (χ2v) is 8.60. The van der Waals surface area contributed by atoms with E-state index in [1.807, 2.05) is 12.1 Å². The Morgan fingerprint density at radius 1 is 1.07 bits per heavy atom. The van der Waals surface area contributed by atoms with Gasteiger partial charge in [0.15, 0.2) is 0 Å².